The lowest BCUT2D eigenvalue weighted by atomic mass is 10.0. The minimum Gasteiger partial charge on any atom is -0.348 e. The zero-order chi connectivity index (χ0) is 23.7. The zero-order valence-corrected chi connectivity index (χ0v) is 20.1. The van der Waals surface area contributed by atoms with Gasteiger partial charge in [-0.25, -0.2) is 14.4 Å². The first-order chi connectivity index (χ1) is 15.3. The summed E-state index contributed by atoms with van der Waals surface area (Å²) in [5.74, 6) is 0.481. The van der Waals surface area contributed by atoms with Crippen molar-refractivity contribution in [3.8, 4) is 0 Å². The maximum atomic E-state index is 13.4. The number of benzene rings is 1. The van der Waals surface area contributed by atoms with Gasteiger partial charge in [0.2, 0.25) is 0 Å². The molecule has 0 saturated carbocycles. The quantitative estimate of drug-likeness (QED) is 0.386. The smallest absolute Gasteiger partial charge is 0.129 e. The lowest BCUT2D eigenvalue weighted by Crippen LogP contribution is -2.20. The average molecular weight is 432 g/mol. The maximum Gasteiger partial charge on any atom is 0.129 e. The molecule has 0 aliphatic heterocycles. The molecule has 0 radical (unpaired) electrons. The monoisotopic (exact) mass is 431 g/mol. The molecule has 168 valence electrons. The molecule has 0 N–H and O–H groups in total. The highest BCUT2D eigenvalue weighted by Gasteiger charge is 2.15. The molecule has 32 heavy (non-hydrogen) atoms. The number of nitrogens with zero attached hydrogens (tertiary/aromatic N) is 3. The van der Waals surface area contributed by atoms with Gasteiger partial charge in [0.25, 0.3) is 0 Å². The lowest BCUT2D eigenvalue weighted by Gasteiger charge is -2.29. The molecule has 0 aliphatic rings. The van der Waals surface area contributed by atoms with E-state index >= 15 is 0 Å². The van der Waals surface area contributed by atoms with Crippen LogP contribution in [0.4, 0.5) is 4.39 Å². The van der Waals surface area contributed by atoms with Crippen molar-refractivity contribution < 1.29 is 4.39 Å². The molecular weight excluding hydrogens is 397 g/mol. The van der Waals surface area contributed by atoms with Gasteiger partial charge in [0.15, 0.2) is 0 Å². The fourth-order valence-electron chi connectivity index (χ4n) is 3.74. The SMILES string of the molecule is C=C\C=C/C(C(=C/C)/N(C)C(CCc1ncc2cc(F)ccc2n1)=C(C)C)=C(C)/C=C\C. The summed E-state index contributed by atoms with van der Waals surface area (Å²) in [7, 11) is 2.10. The first-order valence-corrected chi connectivity index (χ1v) is 10.9. The van der Waals surface area contributed by atoms with E-state index in [-0.39, 0.29) is 5.82 Å². The van der Waals surface area contributed by atoms with E-state index in [9.17, 15) is 4.39 Å². The molecule has 0 saturated heterocycles. The standard InChI is InChI=1S/C28H34FN3/c1-8-11-13-24(21(6)12-9-2)26(10-3)32(7)27(20(4)5)16-17-28-30-19-22-18-23(29)14-15-25(22)31-28/h8-15,18-19H,1,16-17H2,2-7H3/b12-9-,13-11-,24-21-,26-10-. The normalized spacial score (nSPS) is 13.0. The van der Waals surface area contributed by atoms with Gasteiger partial charge >= 0.3 is 0 Å². The summed E-state index contributed by atoms with van der Waals surface area (Å²) in [5, 5.41) is 0.716. The molecule has 3 nitrogen and oxygen atoms in total. The fourth-order valence-corrected chi connectivity index (χ4v) is 3.74. The third-order valence-electron chi connectivity index (χ3n) is 5.31. The van der Waals surface area contributed by atoms with Crippen molar-refractivity contribution in [3.05, 3.63) is 107 Å². The second-order valence-electron chi connectivity index (χ2n) is 7.86. The minimum absolute atomic E-state index is 0.274. The molecule has 0 unspecified atom stereocenters. The lowest BCUT2D eigenvalue weighted by molar-refractivity contribution is 0.492. The Morgan fingerprint density at radius 2 is 1.91 bits per heavy atom. The van der Waals surface area contributed by atoms with Crippen molar-refractivity contribution in [1.82, 2.24) is 14.9 Å². The molecule has 0 bridgehead atoms. The van der Waals surface area contributed by atoms with Crippen molar-refractivity contribution in [1.29, 1.82) is 0 Å². The van der Waals surface area contributed by atoms with Crippen LogP contribution in [0.1, 0.15) is 46.9 Å². The summed E-state index contributed by atoms with van der Waals surface area (Å²) in [6, 6.07) is 4.60. The second-order valence-corrected chi connectivity index (χ2v) is 7.86. The summed E-state index contributed by atoms with van der Waals surface area (Å²) in [5.41, 5.74) is 6.69. The van der Waals surface area contributed by atoms with E-state index in [4.69, 9.17) is 0 Å². The van der Waals surface area contributed by atoms with Crippen molar-refractivity contribution in [3.63, 3.8) is 0 Å². The zero-order valence-electron chi connectivity index (χ0n) is 20.1. The van der Waals surface area contributed by atoms with Crippen molar-refractivity contribution in [2.45, 2.75) is 47.5 Å². The van der Waals surface area contributed by atoms with Crippen LogP contribution in [-0.2, 0) is 6.42 Å². The third kappa shape index (κ3) is 6.36. The van der Waals surface area contributed by atoms with E-state index in [1.54, 1.807) is 18.3 Å². The first kappa shape index (κ1) is 25.0. The number of rotatable bonds is 9. The number of hydrogen-bond donors (Lipinski definition) is 0. The second kappa shape index (κ2) is 11.9. The summed E-state index contributed by atoms with van der Waals surface area (Å²) in [6.07, 6.45) is 15.4. The molecular formula is C28H34FN3. The van der Waals surface area contributed by atoms with Gasteiger partial charge < -0.3 is 4.90 Å². The Morgan fingerprint density at radius 3 is 2.53 bits per heavy atom. The Morgan fingerprint density at radius 1 is 1.16 bits per heavy atom. The molecule has 4 heteroatoms. The van der Waals surface area contributed by atoms with Gasteiger partial charge in [-0.1, -0.05) is 48.6 Å². The number of fused-ring (bicyclic) bond motifs is 1. The summed E-state index contributed by atoms with van der Waals surface area (Å²) in [6.45, 7) is 14.3. The molecule has 0 atom stereocenters. The summed E-state index contributed by atoms with van der Waals surface area (Å²) >= 11 is 0. The van der Waals surface area contributed by atoms with Gasteiger partial charge in [0, 0.05) is 42.0 Å². The predicted octanol–water partition coefficient (Wildman–Crippen LogP) is 7.47. The molecule has 0 fully saturated rings. The number of hydrogen-bond acceptors (Lipinski definition) is 3. The molecule has 1 aromatic heterocycles. The average Bonchev–Trinajstić information content (AvgIpc) is 2.76. The van der Waals surface area contributed by atoms with Gasteiger partial charge in [-0.05, 0) is 64.8 Å². The minimum atomic E-state index is -0.274. The van der Waals surface area contributed by atoms with Crippen LogP contribution < -0.4 is 0 Å². The topological polar surface area (TPSA) is 29.0 Å². The number of likely N-dealkylation sites (N-methyl/N-ethyl adjacent to an activating group) is 1. The molecule has 1 heterocycles. The van der Waals surface area contributed by atoms with Crippen molar-refractivity contribution in [2.24, 2.45) is 0 Å². The molecule has 2 rings (SSSR count). The van der Waals surface area contributed by atoms with Crippen LogP contribution >= 0.6 is 0 Å². The molecule has 0 spiro atoms. The Hall–Kier alpha value is -3.27. The summed E-state index contributed by atoms with van der Waals surface area (Å²) in [4.78, 5) is 11.3. The molecule has 1 aromatic carbocycles. The van der Waals surface area contributed by atoms with Crippen molar-refractivity contribution in [2.75, 3.05) is 7.05 Å². The Bertz CT molecular complexity index is 1110. The highest BCUT2D eigenvalue weighted by molar-refractivity contribution is 5.77. The summed E-state index contributed by atoms with van der Waals surface area (Å²) < 4.78 is 13.4. The predicted molar refractivity (Wildman–Crippen MR) is 135 cm³/mol. The molecule has 0 amide bonds. The Kier molecular flexibility index (Phi) is 9.33. The maximum absolute atomic E-state index is 13.4. The number of aromatic nitrogens is 2. The molecule has 2 aromatic rings. The number of allylic oxidation sites excluding steroid dienone is 9. The van der Waals surface area contributed by atoms with Crippen LogP contribution in [0.2, 0.25) is 0 Å². The van der Waals surface area contributed by atoms with Gasteiger partial charge in [-0.15, -0.1) is 0 Å². The van der Waals surface area contributed by atoms with E-state index in [1.165, 1.54) is 29.0 Å². The first-order valence-electron chi connectivity index (χ1n) is 10.9. The molecule has 0 aliphatic carbocycles. The Balaban J connectivity index is 2.33. The van der Waals surface area contributed by atoms with Crippen molar-refractivity contribution >= 4 is 10.9 Å². The highest BCUT2D eigenvalue weighted by atomic mass is 19.1. The van der Waals surface area contributed by atoms with Crippen LogP contribution in [0.5, 0.6) is 0 Å². The van der Waals surface area contributed by atoms with Crippen LogP contribution in [0.25, 0.3) is 10.9 Å². The third-order valence-corrected chi connectivity index (χ3v) is 5.31. The van der Waals surface area contributed by atoms with E-state index in [2.05, 4.69) is 80.5 Å². The van der Waals surface area contributed by atoms with E-state index in [1.807, 2.05) is 13.0 Å². The van der Waals surface area contributed by atoms with Gasteiger partial charge in [0.05, 0.1) is 5.52 Å². The Labute approximate surface area is 192 Å². The van der Waals surface area contributed by atoms with Gasteiger partial charge in [0.1, 0.15) is 11.6 Å². The fraction of sp³-hybridized carbons (Fsp3) is 0.286. The number of aryl methyl sites for hydroxylation is 1. The van der Waals surface area contributed by atoms with Crippen LogP contribution in [-0.4, -0.2) is 21.9 Å². The van der Waals surface area contributed by atoms with E-state index in [0.29, 0.717) is 11.8 Å². The van der Waals surface area contributed by atoms with E-state index in [0.717, 1.165) is 29.0 Å². The van der Waals surface area contributed by atoms with Crippen LogP contribution in [0, 0.1) is 5.82 Å². The highest BCUT2D eigenvalue weighted by Crippen LogP contribution is 2.27. The largest absolute Gasteiger partial charge is 0.348 e. The van der Waals surface area contributed by atoms with Gasteiger partial charge in [-0.3, -0.25) is 0 Å². The number of halogens is 1. The van der Waals surface area contributed by atoms with E-state index < -0.39 is 0 Å². The van der Waals surface area contributed by atoms with Gasteiger partial charge in [-0.2, -0.15) is 0 Å². The van der Waals surface area contributed by atoms with Crippen LogP contribution in [0.15, 0.2) is 95.5 Å². The van der Waals surface area contributed by atoms with Crippen LogP contribution in [0.3, 0.4) is 0 Å².